The number of alkyl halides is 2. The number of carbonyl (C=O) groups is 1. The number of likely N-dealkylation sites (tertiary alicyclic amines) is 1. The van der Waals surface area contributed by atoms with Gasteiger partial charge in [0.25, 0.3) is 0 Å². The first-order valence-electron chi connectivity index (χ1n) is 14.6. The Morgan fingerprint density at radius 1 is 1.07 bits per heavy atom. The van der Waals surface area contributed by atoms with Crippen LogP contribution in [0.15, 0.2) is 42.9 Å². The Balaban J connectivity index is 1.27. The number of piperazine rings is 1. The quantitative estimate of drug-likeness (QED) is 0.403. The predicted molar refractivity (Wildman–Crippen MR) is 157 cm³/mol. The van der Waals surface area contributed by atoms with Crippen LogP contribution in [0.4, 0.5) is 19.3 Å². The van der Waals surface area contributed by atoms with Crippen molar-refractivity contribution in [2.24, 2.45) is 0 Å². The number of carbonyl (C=O) groups excluding carboxylic acids is 1. The lowest BCUT2D eigenvalue weighted by Gasteiger charge is -2.43. The second-order valence-corrected chi connectivity index (χ2v) is 11.5. The van der Waals surface area contributed by atoms with E-state index in [1.165, 1.54) is 0 Å². The van der Waals surface area contributed by atoms with Crippen molar-refractivity contribution in [2.45, 2.75) is 57.9 Å². The molecule has 1 atom stereocenters. The van der Waals surface area contributed by atoms with Gasteiger partial charge in [0, 0.05) is 88.2 Å². The van der Waals surface area contributed by atoms with Gasteiger partial charge >= 0.3 is 12.6 Å². The third-order valence-electron chi connectivity index (χ3n) is 8.47. The molecule has 0 saturated carbocycles. The van der Waals surface area contributed by atoms with Crippen molar-refractivity contribution in [3.05, 3.63) is 48.4 Å². The maximum atomic E-state index is 12.5. The number of nitrogens with zero attached hydrogens (tertiary/aromatic N) is 6. The summed E-state index contributed by atoms with van der Waals surface area (Å²) in [5.74, 6) is 0. The molecule has 42 heavy (non-hydrogen) atoms. The fraction of sp³-hybridized carbons (Fsp3) is 0.567. The summed E-state index contributed by atoms with van der Waals surface area (Å²) in [6.07, 6.45) is 7.14. The highest BCUT2D eigenvalue weighted by molar-refractivity contribution is 5.79. The molecule has 0 aromatic carbocycles. The van der Waals surface area contributed by atoms with Crippen molar-refractivity contribution < 1.29 is 23.0 Å². The van der Waals surface area contributed by atoms with E-state index in [-0.39, 0.29) is 24.7 Å². The van der Waals surface area contributed by atoms with E-state index in [1.54, 1.807) is 13.3 Å². The molecule has 0 bridgehead atoms. The number of anilines is 1. The van der Waals surface area contributed by atoms with E-state index in [0.717, 1.165) is 67.0 Å². The lowest BCUT2D eigenvalue weighted by molar-refractivity contribution is -0.145. The van der Waals surface area contributed by atoms with Crippen LogP contribution in [0.5, 0.6) is 0 Å². The summed E-state index contributed by atoms with van der Waals surface area (Å²) in [4.78, 5) is 23.5. The van der Waals surface area contributed by atoms with Gasteiger partial charge in [0.15, 0.2) is 0 Å². The number of hydrogen-bond donors (Lipinski definition) is 1. The lowest BCUT2D eigenvalue weighted by atomic mass is 9.84. The third-order valence-corrected chi connectivity index (χ3v) is 8.47. The summed E-state index contributed by atoms with van der Waals surface area (Å²) in [6, 6.07) is 8.22. The molecule has 2 aliphatic heterocycles. The van der Waals surface area contributed by atoms with E-state index in [4.69, 9.17) is 9.72 Å². The molecule has 10 nitrogen and oxygen atoms in total. The summed E-state index contributed by atoms with van der Waals surface area (Å²) in [7, 11) is 1.72. The number of aromatic nitrogens is 3. The van der Waals surface area contributed by atoms with Gasteiger partial charge in [0.2, 0.25) is 0 Å². The number of urea groups is 1. The number of amides is 2. The van der Waals surface area contributed by atoms with E-state index in [0.29, 0.717) is 13.1 Å². The van der Waals surface area contributed by atoms with Crippen molar-refractivity contribution in [3.8, 4) is 11.3 Å². The molecule has 2 aliphatic rings. The maximum Gasteiger partial charge on any atom is 0.345 e. The minimum atomic E-state index is -2.75. The summed E-state index contributed by atoms with van der Waals surface area (Å²) in [6.45, 7) is 7.34. The van der Waals surface area contributed by atoms with Gasteiger partial charge in [-0.1, -0.05) is 6.07 Å². The second kappa shape index (κ2) is 12.9. The molecular formula is C30H41F2N7O3. The highest BCUT2D eigenvalue weighted by Crippen LogP contribution is 2.37. The predicted octanol–water partition coefficient (Wildman–Crippen LogP) is 4.20. The zero-order valence-electron chi connectivity index (χ0n) is 24.8. The van der Waals surface area contributed by atoms with Crippen molar-refractivity contribution >= 4 is 17.2 Å². The molecule has 228 valence electrons. The molecule has 3 aromatic rings. The Hall–Kier alpha value is -3.35. The Labute approximate surface area is 245 Å². The number of hydrogen-bond acceptors (Lipinski definition) is 7. The first-order chi connectivity index (χ1) is 20.2. The van der Waals surface area contributed by atoms with E-state index < -0.39 is 12.2 Å². The fourth-order valence-corrected chi connectivity index (χ4v) is 5.98. The van der Waals surface area contributed by atoms with Crippen LogP contribution in [0.3, 0.4) is 0 Å². The Morgan fingerprint density at radius 2 is 1.81 bits per heavy atom. The van der Waals surface area contributed by atoms with Crippen LogP contribution in [0.1, 0.15) is 39.2 Å². The largest absolute Gasteiger partial charge is 0.373 e. The highest BCUT2D eigenvalue weighted by atomic mass is 19.3. The topological polar surface area (TPSA) is 87.5 Å². The molecule has 3 aromatic heterocycles. The SMILES string of the molecule is COC1(c2ccc(-c3cc4c(N5CCN(C(=O)NC(C)C)CC5)ccnn4c3)nc2)CCN([C@@H](C)COC(F)F)CC1. The molecule has 2 amide bonds. The molecule has 5 rings (SSSR count). The number of methoxy groups -OCH3 is 1. The van der Waals surface area contributed by atoms with Crippen LogP contribution in [0.25, 0.3) is 16.8 Å². The molecule has 2 saturated heterocycles. The summed E-state index contributed by atoms with van der Waals surface area (Å²) >= 11 is 0. The number of piperidine rings is 1. The first-order valence-corrected chi connectivity index (χ1v) is 14.6. The van der Waals surface area contributed by atoms with Gasteiger partial charge in [0.05, 0.1) is 29.1 Å². The fourth-order valence-electron chi connectivity index (χ4n) is 5.98. The summed E-state index contributed by atoms with van der Waals surface area (Å²) in [5.41, 5.74) is 4.41. The average Bonchev–Trinajstić information content (AvgIpc) is 3.44. The Morgan fingerprint density at radius 3 is 2.43 bits per heavy atom. The van der Waals surface area contributed by atoms with E-state index >= 15 is 0 Å². The zero-order valence-corrected chi connectivity index (χ0v) is 24.8. The second-order valence-electron chi connectivity index (χ2n) is 11.5. The molecule has 0 radical (unpaired) electrons. The molecule has 2 fully saturated rings. The monoisotopic (exact) mass is 585 g/mol. The smallest absolute Gasteiger partial charge is 0.345 e. The van der Waals surface area contributed by atoms with Crippen molar-refractivity contribution in [3.63, 3.8) is 0 Å². The molecule has 12 heteroatoms. The molecule has 1 N–H and O–H groups in total. The van der Waals surface area contributed by atoms with Gasteiger partial charge < -0.3 is 24.6 Å². The standard InChI is InChI=1S/C30H41F2N7O3/c1-21(2)35-29(40)38-15-13-37(14-16-38)26-7-10-34-39-19-23(17-27(26)39)25-6-5-24(18-33-25)30(41-4)8-11-36(12-9-30)22(3)20-42-28(31)32/h5-7,10,17-19,21-22,28H,8-9,11-16,20H2,1-4H3,(H,35,40)/t22-/m0/s1. The number of halogens is 2. The van der Waals surface area contributed by atoms with Gasteiger partial charge in [-0.2, -0.15) is 13.9 Å². The lowest BCUT2D eigenvalue weighted by Crippen LogP contribution is -2.53. The van der Waals surface area contributed by atoms with Crippen LogP contribution < -0.4 is 10.2 Å². The molecular weight excluding hydrogens is 544 g/mol. The zero-order chi connectivity index (χ0) is 29.9. The summed E-state index contributed by atoms with van der Waals surface area (Å²) in [5, 5.41) is 7.50. The highest BCUT2D eigenvalue weighted by Gasteiger charge is 2.38. The first kappa shape index (κ1) is 30.1. The molecule has 5 heterocycles. The van der Waals surface area contributed by atoms with E-state index in [9.17, 15) is 13.6 Å². The van der Waals surface area contributed by atoms with E-state index in [2.05, 4.69) is 37.1 Å². The van der Waals surface area contributed by atoms with Crippen molar-refractivity contribution in [1.82, 2.24) is 29.7 Å². The van der Waals surface area contributed by atoms with Crippen LogP contribution >= 0.6 is 0 Å². The normalized spacial score (nSPS) is 18.7. The number of fused-ring (bicyclic) bond motifs is 1. The van der Waals surface area contributed by atoms with Crippen LogP contribution in [0.2, 0.25) is 0 Å². The van der Waals surface area contributed by atoms with Crippen molar-refractivity contribution in [1.29, 1.82) is 0 Å². The minimum absolute atomic E-state index is 0.00213. The van der Waals surface area contributed by atoms with Crippen LogP contribution in [-0.2, 0) is 15.1 Å². The minimum Gasteiger partial charge on any atom is -0.373 e. The Kier molecular flexibility index (Phi) is 9.24. The van der Waals surface area contributed by atoms with Gasteiger partial charge in [-0.25, -0.2) is 9.31 Å². The van der Waals surface area contributed by atoms with Crippen LogP contribution in [0, 0.1) is 0 Å². The number of pyridine rings is 1. The van der Waals surface area contributed by atoms with Gasteiger partial charge in [0.1, 0.15) is 0 Å². The Bertz CT molecular complexity index is 1330. The number of rotatable bonds is 9. The van der Waals surface area contributed by atoms with Gasteiger partial charge in [-0.15, -0.1) is 0 Å². The van der Waals surface area contributed by atoms with Gasteiger partial charge in [-0.3, -0.25) is 9.88 Å². The number of ether oxygens (including phenoxy) is 2. The molecule has 0 unspecified atom stereocenters. The number of nitrogens with one attached hydrogen (secondary N) is 1. The third kappa shape index (κ3) is 6.50. The van der Waals surface area contributed by atoms with E-state index in [1.807, 2.05) is 54.7 Å². The molecule has 0 spiro atoms. The summed E-state index contributed by atoms with van der Waals surface area (Å²) < 4.78 is 37.4. The van der Waals surface area contributed by atoms with Crippen molar-refractivity contribution in [2.75, 3.05) is 57.9 Å². The average molecular weight is 586 g/mol. The molecule has 0 aliphatic carbocycles. The van der Waals surface area contributed by atoms with Gasteiger partial charge in [-0.05, 0) is 51.8 Å². The van der Waals surface area contributed by atoms with Crippen LogP contribution in [-0.4, -0.2) is 102 Å². The maximum absolute atomic E-state index is 12.5.